The molecule has 0 saturated carbocycles. The fraction of sp³-hybridized carbons (Fsp3) is 0.300. The zero-order valence-corrected chi connectivity index (χ0v) is 17.2. The lowest BCUT2D eigenvalue weighted by Gasteiger charge is -2.23. The van der Waals surface area contributed by atoms with Crippen LogP contribution in [0.25, 0.3) is 20.4 Å². The van der Waals surface area contributed by atoms with Crippen molar-refractivity contribution in [2.45, 2.75) is 19.8 Å². The highest BCUT2D eigenvalue weighted by Crippen LogP contribution is 2.19. The van der Waals surface area contributed by atoms with Crippen molar-refractivity contribution >= 4 is 43.1 Å². The number of thiazole rings is 2. The molecule has 0 spiro atoms. The number of hydrogen-bond donors (Lipinski definition) is 0. The summed E-state index contributed by atoms with van der Waals surface area (Å²) in [5, 5.41) is 0. The Kier molecular flexibility index (Phi) is 5.72. The Morgan fingerprint density at radius 2 is 1.36 bits per heavy atom. The predicted molar refractivity (Wildman–Crippen MR) is 115 cm³/mol. The van der Waals surface area contributed by atoms with Crippen molar-refractivity contribution in [3.8, 4) is 0 Å². The van der Waals surface area contributed by atoms with Crippen LogP contribution in [-0.4, -0.2) is 34.3 Å². The fourth-order valence-corrected chi connectivity index (χ4v) is 5.08. The minimum Gasteiger partial charge on any atom is -0.385 e. The highest BCUT2D eigenvalue weighted by Gasteiger charge is 2.15. The lowest BCUT2D eigenvalue weighted by molar-refractivity contribution is 0.136. The Balaban J connectivity index is 1.67. The van der Waals surface area contributed by atoms with Gasteiger partial charge in [-0.25, -0.2) is 0 Å². The summed E-state index contributed by atoms with van der Waals surface area (Å²) in [7, 11) is 1.68. The van der Waals surface area contributed by atoms with Crippen molar-refractivity contribution < 1.29 is 4.74 Å². The highest BCUT2D eigenvalue weighted by atomic mass is 32.1. The summed E-state index contributed by atoms with van der Waals surface area (Å²) in [6.07, 6.45) is 0.824. The zero-order chi connectivity index (χ0) is 19.5. The van der Waals surface area contributed by atoms with Crippen molar-refractivity contribution in [3.63, 3.8) is 0 Å². The van der Waals surface area contributed by atoms with E-state index in [9.17, 15) is 9.59 Å². The first kappa shape index (κ1) is 19.1. The van der Waals surface area contributed by atoms with E-state index in [0.717, 1.165) is 33.4 Å². The third-order valence-electron chi connectivity index (χ3n) is 4.65. The van der Waals surface area contributed by atoms with Crippen LogP contribution in [0.15, 0.2) is 58.1 Å². The molecular weight excluding hydrogens is 394 g/mol. The number of hydrogen-bond acceptors (Lipinski definition) is 6. The van der Waals surface area contributed by atoms with Crippen LogP contribution >= 0.6 is 22.7 Å². The van der Waals surface area contributed by atoms with E-state index in [1.165, 1.54) is 22.7 Å². The van der Waals surface area contributed by atoms with E-state index in [1.54, 1.807) is 16.2 Å². The lowest BCUT2D eigenvalue weighted by Crippen LogP contribution is -2.35. The van der Waals surface area contributed by atoms with Gasteiger partial charge in [-0.1, -0.05) is 46.9 Å². The van der Waals surface area contributed by atoms with E-state index in [-0.39, 0.29) is 9.75 Å². The summed E-state index contributed by atoms with van der Waals surface area (Å²) in [6.45, 7) is 2.22. The van der Waals surface area contributed by atoms with Crippen LogP contribution in [0.2, 0.25) is 0 Å². The van der Waals surface area contributed by atoms with E-state index in [4.69, 9.17) is 4.74 Å². The minimum absolute atomic E-state index is 0.0143. The number of fused-ring (bicyclic) bond motifs is 2. The fourth-order valence-electron chi connectivity index (χ4n) is 3.31. The number of methoxy groups -OCH3 is 1. The van der Waals surface area contributed by atoms with E-state index in [0.29, 0.717) is 19.9 Å². The van der Waals surface area contributed by atoms with Gasteiger partial charge in [0.2, 0.25) is 0 Å². The van der Waals surface area contributed by atoms with Crippen molar-refractivity contribution in [2.75, 3.05) is 20.3 Å². The normalized spacial score (nSPS) is 11.8. The van der Waals surface area contributed by atoms with Gasteiger partial charge >= 0.3 is 9.75 Å². The second-order valence-electron chi connectivity index (χ2n) is 6.55. The van der Waals surface area contributed by atoms with Gasteiger partial charge in [0, 0.05) is 20.3 Å². The molecule has 0 N–H and O–H groups in total. The van der Waals surface area contributed by atoms with Gasteiger partial charge in [-0.05, 0) is 30.7 Å². The molecule has 0 aliphatic rings. The molecule has 0 aliphatic heterocycles. The summed E-state index contributed by atoms with van der Waals surface area (Å²) < 4.78 is 10.7. The van der Waals surface area contributed by atoms with E-state index in [2.05, 4.69) is 4.90 Å². The monoisotopic (exact) mass is 415 g/mol. The molecule has 0 atom stereocenters. The smallest absolute Gasteiger partial charge is 0.309 e. The van der Waals surface area contributed by atoms with Gasteiger partial charge in [0.1, 0.15) is 0 Å². The third kappa shape index (κ3) is 3.81. The van der Waals surface area contributed by atoms with Crippen LogP contribution in [0.5, 0.6) is 0 Å². The maximum absolute atomic E-state index is 12.5. The Hall–Kier alpha value is -2.26. The van der Waals surface area contributed by atoms with Crippen LogP contribution in [-0.2, 0) is 18.1 Å². The number of para-hydroxylation sites is 2. The quantitative estimate of drug-likeness (QED) is 0.414. The molecule has 0 unspecified atom stereocenters. The molecule has 2 aromatic carbocycles. The number of nitrogens with zero attached hydrogens (tertiary/aromatic N) is 3. The van der Waals surface area contributed by atoms with E-state index >= 15 is 0 Å². The molecule has 0 fully saturated rings. The molecule has 0 saturated heterocycles. The van der Waals surface area contributed by atoms with Crippen molar-refractivity contribution in [2.24, 2.45) is 0 Å². The van der Waals surface area contributed by atoms with Crippen LogP contribution in [0.3, 0.4) is 0 Å². The number of aromatic nitrogens is 2. The Bertz CT molecular complexity index is 1110. The molecule has 2 aromatic heterocycles. The molecule has 4 rings (SSSR count). The van der Waals surface area contributed by atoms with Crippen LogP contribution in [0, 0.1) is 0 Å². The SMILES string of the molecule is COCCCN(Cn1c(=O)sc2ccccc21)Cn1c(=O)sc2ccccc21. The van der Waals surface area contributed by atoms with Gasteiger partial charge in [0.05, 0.1) is 33.8 Å². The Labute approximate surface area is 169 Å². The molecule has 0 bridgehead atoms. The minimum atomic E-state index is 0.0143. The molecule has 4 aromatic rings. The second-order valence-corrected chi connectivity index (χ2v) is 8.54. The molecule has 6 nitrogen and oxygen atoms in total. The van der Waals surface area contributed by atoms with Gasteiger partial charge in [0.15, 0.2) is 0 Å². The van der Waals surface area contributed by atoms with Crippen molar-refractivity contribution in [1.29, 1.82) is 0 Å². The van der Waals surface area contributed by atoms with E-state index in [1.807, 2.05) is 48.5 Å². The Morgan fingerprint density at radius 1 is 0.857 bits per heavy atom. The summed E-state index contributed by atoms with van der Waals surface area (Å²) in [4.78, 5) is 27.3. The number of rotatable bonds is 8. The third-order valence-corrected chi connectivity index (χ3v) is 6.57. The molecule has 146 valence electrons. The van der Waals surface area contributed by atoms with E-state index < -0.39 is 0 Å². The van der Waals surface area contributed by atoms with Gasteiger partial charge < -0.3 is 4.74 Å². The predicted octanol–water partition coefficient (Wildman–Crippen LogP) is 3.39. The second kappa shape index (κ2) is 8.40. The average molecular weight is 416 g/mol. The zero-order valence-electron chi connectivity index (χ0n) is 15.5. The first-order chi connectivity index (χ1) is 13.7. The first-order valence-electron chi connectivity index (χ1n) is 9.05. The van der Waals surface area contributed by atoms with Crippen molar-refractivity contribution in [1.82, 2.24) is 14.0 Å². The van der Waals surface area contributed by atoms with Crippen molar-refractivity contribution in [3.05, 3.63) is 67.9 Å². The van der Waals surface area contributed by atoms with Crippen LogP contribution in [0.1, 0.15) is 6.42 Å². The number of ether oxygens (including phenoxy) is 1. The summed E-state index contributed by atoms with van der Waals surface area (Å²) >= 11 is 2.50. The molecule has 0 aliphatic carbocycles. The maximum Gasteiger partial charge on any atom is 0.309 e. The molecule has 0 radical (unpaired) electrons. The standard InChI is InChI=1S/C20H21N3O3S2/c1-26-12-6-11-21(13-22-15-7-2-4-9-17(15)27-19(22)24)14-23-16-8-3-5-10-18(16)28-20(23)25/h2-5,7-10H,6,11-14H2,1H3. The van der Waals surface area contributed by atoms with Gasteiger partial charge in [-0.2, -0.15) is 0 Å². The topological polar surface area (TPSA) is 56.5 Å². The summed E-state index contributed by atoms with van der Waals surface area (Å²) in [5.41, 5.74) is 1.86. The molecule has 0 amide bonds. The van der Waals surface area contributed by atoms with Crippen LogP contribution in [0.4, 0.5) is 0 Å². The van der Waals surface area contributed by atoms with Gasteiger partial charge in [0.25, 0.3) is 0 Å². The summed E-state index contributed by atoms with van der Waals surface area (Å²) in [5.74, 6) is 0. The molecule has 8 heteroatoms. The Morgan fingerprint density at radius 3 is 1.86 bits per heavy atom. The lowest BCUT2D eigenvalue weighted by atomic mass is 10.3. The van der Waals surface area contributed by atoms with Gasteiger partial charge in [-0.15, -0.1) is 0 Å². The van der Waals surface area contributed by atoms with Gasteiger partial charge in [-0.3, -0.25) is 23.6 Å². The molecule has 28 heavy (non-hydrogen) atoms. The average Bonchev–Trinajstić information content (AvgIpc) is 3.18. The molecular formula is C20H21N3O3S2. The first-order valence-corrected chi connectivity index (χ1v) is 10.7. The molecule has 2 heterocycles. The summed E-state index contributed by atoms with van der Waals surface area (Å²) in [6, 6.07) is 15.6. The van der Waals surface area contributed by atoms with Crippen LogP contribution < -0.4 is 9.75 Å². The highest BCUT2D eigenvalue weighted by molar-refractivity contribution is 7.16. The maximum atomic E-state index is 12.5. The number of benzene rings is 2. The largest absolute Gasteiger partial charge is 0.385 e.